The average Bonchev–Trinajstić information content (AvgIpc) is 2.44. The summed E-state index contributed by atoms with van der Waals surface area (Å²) in [4.78, 5) is 22.8. The van der Waals surface area contributed by atoms with Crippen LogP contribution >= 0.6 is 11.9 Å². The zero-order chi connectivity index (χ0) is 15.2. The van der Waals surface area contributed by atoms with Crippen molar-refractivity contribution < 1.29 is 24.2 Å². The van der Waals surface area contributed by atoms with E-state index in [4.69, 9.17) is 11.2 Å². The summed E-state index contributed by atoms with van der Waals surface area (Å²) < 4.78 is 8.89. The number of para-hydroxylation sites is 2. The standard InChI is InChI=1S/C13H13NO5S/c1-4-9-19-11-8-6-5-7-10(11)14(2,12(15)16)20-13(17)18-3/h1,5-8H,9H2,2-3H3. The highest BCUT2D eigenvalue weighted by Gasteiger charge is 2.37. The van der Waals surface area contributed by atoms with E-state index in [1.165, 1.54) is 13.1 Å². The Labute approximate surface area is 121 Å². The van der Waals surface area contributed by atoms with Crippen LogP contribution in [0.4, 0.5) is 15.3 Å². The van der Waals surface area contributed by atoms with Gasteiger partial charge in [-0.1, -0.05) is 18.1 Å². The molecule has 0 bridgehead atoms. The van der Waals surface area contributed by atoms with E-state index in [9.17, 15) is 14.7 Å². The van der Waals surface area contributed by atoms with Gasteiger partial charge in [0.1, 0.15) is 6.61 Å². The predicted octanol–water partition coefficient (Wildman–Crippen LogP) is 1.39. The minimum atomic E-state index is -1.49. The first-order valence-corrected chi connectivity index (χ1v) is 6.24. The second-order valence-electron chi connectivity index (χ2n) is 3.70. The van der Waals surface area contributed by atoms with Gasteiger partial charge in [0.2, 0.25) is 11.9 Å². The Morgan fingerprint density at radius 2 is 2.10 bits per heavy atom. The van der Waals surface area contributed by atoms with Crippen LogP contribution < -0.4 is 13.7 Å². The number of terminal acetylenes is 1. The first kappa shape index (κ1) is 15.9. The lowest BCUT2D eigenvalue weighted by atomic mass is 10.3. The summed E-state index contributed by atoms with van der Waals surface area (Å²) in [5, 5.41) is 10.7. The number of benzene rings is 1. The van der Waals surface area contributed by atoms with E-state index in [0.717, 1.165) is 7.11 Å². The molecule has 0 spiro atoms. The van der Waals surface area contributed by atoms with E-state index in [1.54, 1.807) is 18.2 Å². The maximum absolute atomic E-state index is 11.4. The van der Waals surface area contributed by atoms with Crippen LogP contribution in [0.5, 0.6) is 5.75 Å². The normalized spacial score (nSPS) is 12.8. The number of methoxy groups -OCH3 is 1. The van der Waals surface area contributed by atoms with Gasteiger partial charge in [0.05, 0.1) is 14.2 Å². The van der Waals surface area contributed by atoms with E-state index in [0.29, 0.717) is 11.9 Å². The van der Waals surface area contributed by atoms with E-state index >= 15 is 0 Å². The van der Waals surface area contributed by atoms with Crippen LogP contribution in [-0.2, 0) is 4.74 Å². The van der Waals surface area contributed by atoms with Gasteiger partial charge in [-0.15, -0.1) is 6.42 Å². The highest BCUT2D eigenvalue weighted by molar-refractivity contribution is 8.13. The smallest absolute Gasteiger partial charge is 0.425 e. The maximum atomic E-state index is 11.4. The van der Waals surface area contributed by atoms with Gasteiger partial charge in [0.25, 0.3) is 6.09 Å². The fourth-order valence-electron chi connectivity index (χ4n) is 1.42. The van der Waals surface area contributed by atoms with Crippen LogP contribution in [-0.4, -0.2) is 32.2 Å². The van der Waals surface area contributed by atoms with Gasteiger partial charge >= 0.3 is 5.30 Å². The summed E-state index contributed by atoms with van der Waals surface area (Å²) in [5.41, 5.74) is 0.221. The molecule has 0 aromatic heterocycles. The third kappa shape index (κ3) is 3.44. The maximum Gasteiger partial charge on any atom is 0.425 e. The molecule has 6 nitrogen and oxygen atoms in total. The van der Waals surface area contributed by atoms with Gasteiger partial charge in [-0.05, 0) is 6.07 Å². The second kappa shape index (κ2) is 6.84. The molecule has 1 unspecified atom stereocenters. The number of amides is 1. The number of carbonyl (C=O) groups is 2. The Morgan fingerprint density at radius 3 is 2.65 bits per heavy atom. The second-order valence-corrected chi connectivity index (χ2v) is 4.94. The number of carboxylic acid groups (broad SMARTS) is 1. The molecular formula is C13H13NO5S. The SMILES string of the molecule is C#CCOc1ccccc1[N+](C)(SC(=O)OC)C(=O)[O-]. The van der Waals surface area contributed by atoms with Crippen LogP contribution in [0.25, 0.3) is 0 Å². The number of nitrogens with zero attached hydrogens (tertiary/aromatic N) is 1. The highest BCUT2D eigenvalue weighted by Crippen LogP contribution is 2.38. The highest BCUT2D eigenvalue weighted by atomic mass is 32.2. The third-order valence-electron chi connectivity index (χ3n) is 2.41. The van der Waals surface area contributed by atoms with E-state index in [2.05, 4.69) is 10.7 Å². The van der Waals surface area contributed by atoms with E-state index < -0.39 is 15.3 Å². The molecule has 0 saturated heterocycles. The van der Waals surface area contributed by atoms with Crippen LogP contribution in [0.1, 0.15) is 0 Å². The van der Waals surface area contributed by atoms with Gasteiger partial charge in [-0.3, -0.25) is 0 Å². The largest absolute Gasteiger partial charge is 0.497 e. The quantitative estimate of drug-likeness (QED) is 0.363. The number of rotatable bonds is 3. The monoisotopic (exact) mass is 295 g/mol. The van der Waals surface area contributed by atoms with Gasteiger partial charge < -0.3 is 19.4 Å². The summed E-state index contributed by atoms with van der Waals surface area (Å²) in [5.74, 6) is 2.54. The van der Waals surface area contributed by atoms with Crippen LogP contribution in [0.15, 0.2) is 24.3 Å². The fraction of sp³-hybridized carbons (Fsp3) is 0.231. The van der Waals surface area contributed by atoms with Gasteiger partial charge in [-0.2, -0.15) is 3.89 Å². The first-order chi connectivity index (χ1) is 9.45. The Balaban J connectivity index is 3.25. The predicted molar refractivity (Wildman–Crippen MR) is 73.9 cm³/mol. The molecule has 1 aromatic carbocycles. The summed E-state index contributed by atoms with van der Waals surface area (Å²) in [7, 11) is 2.45. The van der Waals surface area contributed by atoms with Crippen molar-refractivity contribution in [1.82, 2.24) is 3.89 Å². The minimum absolute atomic E-state index is 0.0209. The van der Waals surface area contributed by atoms with Crippen molar-refractivity contribution in [3.63, 3.8) is 0 Å². The average molecular weight is 295 g/mol. The molecule has 1 rings (SSSR count). The molecule has 0 aliphatic carbocycles. The molecule has 0 radical (unpaired) electrons. The van der Waals surface area contributed by atoms with Crippen molar-refractivity contribution in [2.45, 2.75) is 0 Å². The Morgan fingerprint density at radius 1 is 1.45 bits per heavy atom. The molecule has 20 heavy (non-hydrogen) atoms. The molecule has 0 N–H and O–H groups in total. The van der Waals surface area contributed by atoms with Crippen molar-refractivity contribution in [2.75, 3.05) is 20.8 Å². The number of hydrogen-bond donors (Lipinski definition) is 0. The van der Waals surface area contributed by atoms with Crippen molar-refractivity contribution >= 4 is 29.0 Å². The van der Waals surface area contributed by atoms with Crippen molar-refractivity contribution in [3.8, 4) is 18.1 Å². The molecule has 0 heterocycles. The van der Waals surface area contributed by atoms with Crippen LogP contribution in [0, 0.1) is 12.3 Å². The third-order valence-corrected chi connectivity index (χ3v) is 3.43. The van der Waals surface area contributed by atoms with Crippen LogP contribution in [0.2, 0.25) is 0 Å². The van der Waals surface area contributed by atoms with E-state index in [1.807, 2.05) is 0 Å². The zero-order valence-electron chi connectivity index (χ0n) is 11.0. The van der Waals surface area contributed by atoms with Crippen molar-refractivity contribution in [2.24, 2.45) is 0 Å². The Bertz CT molecular complexity index is 554. The van der Waals surface area contributed by atoms with Gasteiger partial charge in [0.15, 0.2) is 11.4 Å². The lowest BCUT2D eigenvalue weighted by Crippen LogP contribution is -2.52. The van der Waals surface area contributed by atoms with Crippen LogP contribution in [0.3, 0.4) is 0 Å². The van der Waals surface area contributed by atoms with Gasteiger partial charge in [-0.25, -0.2) is 4.79 Å². The molecular weight excluding hydrogens is 282 g/mol. The summed E-state index contributed by atoms with van der Waals surface area (Å²) >= 11 is 0.439. The molecule has 0 fully saturated rings. The first-order valence-electron chi connectivity index (χ1n) is 5.47. The summed E-state index contributed by atoms with van der Waals surface area (Å²) in [6, 6.07) is 6.36. The fourth-order valence-corrected chi connectivity index (χ4v) is 2.12. The molecule has 1 atom stereocenters. The molecule has 0 saturated carbocycles. The number of carbonyl (C=O) groups excluding carboxylic acids is 2. The Hall–Kier alpha value is -2.17. The molecule has 0 aliphatic rings. The lowest BCUT2D eigenvalue weighted by Gasteiger charge is -2.29. The summed E-state index contributed by atoms with van der Waals surface area (Å²) in [6.45, 7) is -0.0209. The number of quaternary nitrogens is 1. The van der Waals surface area contributed by atoms with Crippen molar-refractivity contribution in [1.29, 1.82) is 0 Å². The van der Waals surface area contributed by atoms with Crippen molar-refractivity contribution in [3.05, 3.63) is 24.3 Å². The number of hydrogen-bond acceptors (Lipinski definition) is 6. The Kier molecular flexibility index (Phi) is 5.43. The summed E-state index contributed by atoms with van der Waals surface area (Å²) in [6.07, 6.45) is 3.62. The van der Waals surface area contributed by atoms with Gasteiger partial charge in [0, 0.05) is 6.07 Å². The van der Waals surface area contributed by atoms with E-state index in [-0.39, 0.29) is 18.0 Å². The number of ether oxygens (including phenoxy) is 2. The lowest BCUT2D eigenvalue weighted by molar-refractivity contribution is -0.256. The topological polar surface area (TPSA) is 75.7 Å². The molecule has 1 amide bonds. The molecule has 106 valence electrons. The minimum Gasteiger partial charge on any atom is -0.497 e. The molecule has 1 aromatic rings. The molecule has 7 heteroatoms. The molecule has 0 aliphatic heterocycles. The zero-order valence-corrected chi connectivity index (χ0v) is 11.8.